The Hall–Kier alpha value is -4.34. The molecule has 6 rings (SSSR count). The second-order valence-electron chi connectivity index (χ2n) is 10.0. The van der Waals surface area contributed by atoms with Crippen LogP contribution in [0.15, 0.2) is 54.7 Å². The molecule has 1 atom stereocenters. The van der Waals surface area contributed by atoms with Gasteiger partial charge < -0.3 is 30.9 Å². The van der Waals surface area contributed by atoms with Crippen molar-refractivity contribution in [1.29, 1.82) is 0 Å². The van der Waals surface area contributed by atoms with Crippen LogP contribution >= 0.6 is 0 Å². The van der Waals surface area contributed by atoms with Crippen LogP contribution in [-0.2, 0) is 0 Å². The van der Waals surface area contributed by atoms with Gasteiger partial charge >= 0.3 is 0 Å². The number of nitrogens with one attached hydrogen (secondary N) is 2. The Morgan fingerprint density at radius 2 is 1.72 bits per heavy atom. The van der Waals surface area contributed by atoms with E-state index in [2.05, 4.69) is 39.3 Å². The number of hydrogen-bond acceptors (Lipinski definition) is 8. The van der Waals surface area contributed by atoms with Crippen molar-refractivity contribution in [3.8, 4) is 5.75 Å². The van der Waals surface area contributed by atoms with E-state index in [4.69, 9.17) is 10.5 Å². The Bertz CT molecular complexity index is 1330. The molecule has 1 aliphatic carbocycles. The second-order valence-corrected chi connectivity index (χ2v) is 10.0. The molecule has 2 aromatic carbocycles. The number of nitrogens with two attached hydrogens (primary N) is 1. The molecule has 0 radical (unpaired) electrons. The van der Waals surface area contributed by atoms with Crippen molar-refractivity contribution in [1.82, 2.24) is 14.9 Å². The molecule has 2 amide bonds. The van der Waals surface area contributed by atoms with Gasteiger partial charge in [-0.05, 0) is 37.1 Å². The van der Waals surface area contributed by atoms with Gasteiger partial charge in [0, 0.05) is 49.2 Å². The summed E-state index contributed by atoms with van der Waals surface area (Å²) in [6.45, 7) is 14.7. The van der Waals surface area contributed by atoms with Gasteiger partial charge in [0.25, 0.3) is 11.8 Å². The van der Waals surface area contributed by atoms with Gasteiger partial charge in [-0.25, -0.2) is 4.98 Å². The van der Waals surface area contributed by atoms with E-state index < -0.39 is 5.91 Å². The smallest absolute Gasteiger partial charge is 0.254 e. The van der Waals surface area contributed by atoms with Crippen molar-refractivity contribution in [2.45, 2.75) is 72.9 Å². The number of rotatable bonds is 6. The van der Waals surface area contributed by atoms with Gasteiger partial charge in [0.2, 0.25) is 5.95 Å². The summed E-state index contributed by atoms with van der Waals surface area (Å²) in [5, 5.41) is 6.44. The molecule has 1 unspecified atom stereocenters. The Kier molecular flexibility index (Phi) is 12.6. The lowest BCUT2D eigenvalue weighted by Gasteiger charge is -2.45. The Morgan fingerprint density at radius 1 is 1.02 bits per heavy atom. The SMILES string of the molecule is CC.CC.CCC.NC(=O)c1cnc(Nc2ccc3c(c2)OCC2CN(C(=O)c4ccccc4)CCN32)nc1NC1CC1. The van der Waals surface area contributed by atoms with E-state index in [0.717, 1.165) is 36.5 Å². The minimum atomic E-state index is -0.563. The lowest BCUT2D eigenvalue weighted by molar-refractivity contribution is 0.0696. The highest BCUT2D eigenvalue weighted by Gasteiger charge is 2.35. The molecule has 3 heterocycles. The molecule has 0 bridgehead atoms. The van der Waals surface area contributed by atoms with Crippen LogP contribution in [-0.4, -0.2) is 65.0 Å². The van der Waals surface area contributed by atoms with E-state index in [9.17, 15) is 9.59 Å². The Labute approximate surface area is 256 Å². The zero-order chi connectivity index (χ0) is 31.4. The summed E-state index contributed by atoms with van der Waals surface area (Å²) in [6.07, 6.45) is 4.78. The summed E-state index contributed by atoms with van der Waals surface area (Å²) in [6, 6.07) is 15.7. The Balaban J connectivity index is 0.000000670. The number of hydrogen-bond donors (Lipinski definition) is 3. The number of benzene rings is 2. The molecule has 10 heteroatoms. The maximum Gasteiger partial charge on any atom is 0.254 e. The van der Waals surface area contributed by atoms with E-state index in [1.54, 1.807) is 0 Å². The van der Waals surface area contributed by atoms with Crippen molar-refractivity contribution in [2.75, 3.05) is 41.8 Å². The number of primary amides is 1. The third kappa shape index (κ3) is 8.59. The number of carbonyl (C=O) groups excluding carboxylic acids is 2. The van der Waals surface area contributed by atoms with Crippen molar-refractivity contribution < 1.29 is 14.3 Å². The molecule has 1 saturated carbocycles. The molecule has 3 aromatic rings. The zero-order valence-electron chi connectivity index (χ0n) is 26.4. The molecule has 2 fully saturated rings. The van der Waals surface area contributed by atoms with E-state index in [1.807, 2.05) is 81.1 Å². The molecule has 10 nitrogen and oxygen atoms in total. The minimum absolute atomic E-state index is 0.0542. The van der Waals surface area contributed by atoms with Crippen molar-refractivity contribution in [3.05, 3.63) is 65.9 Å². The number of aromatic nitrogens is 2. The first-order valence-corrected chi connectivity index (χ1v) is 15.5. The summed E-state index contributed by atoms with van der Waals surface area (Å²) in [7, 11) is 0. The molecule has 1 saturated heterocycles. The van der Waals surface area contributed by atoms with Crippen LogP contribution in [0.4, 0.5) is 23.1 Å². The zero-order valence-corrected chi connectivity index (χ0v) is 26.4. The van der Waals surface area contributed by atoms with Gasteiger partial charge in [-0.1, -0.05) is 66.2 Å². The highest BCUT2D eigenvalue weighted by molar-refractivity contribution is 5.97. The highest BCUT2D eigenvalue weighted by Crippen LogP contribution is 2.38. The third-order valence-electron chi connectivity index (χ3n) is 6.72. The number of anilines is 4. The number of carbonyl (C=O) groups is 2. The van der Waals surface area contributed by atoms with Crippen LogP contribution in [0.3, 0.4) is 0 Å². The quantitative estimate of drug-likeness (QED) is 0.316. The van der Waals surface area contributed by atoms with E-state index in [0.29, 0.717) is 43.1 Å². The molecule has 1 aromatic heterocycles. The fraction of sp³-hybridized carbons (Fsp3) is 0.455. The average molecular weight is 590 g/mol. The average Bonchev–Trinajstić information content (AvgIpc) is 3.87. The summed E-state index contributed by atoms with van der Waals surface area (Å²) in [4.78, 5) is 37.6. The first-order chi connectivity index (χ1) is 21.0. The lowest BCUT2D eigenvalue weighted by atomic mass is 10.1. The standard InChI is InChI=1S/C26H27N7O3.C3H8.2C2H6/c27-23(34)20-13-28-26(31-24(20)29-17-6-7-17)30-18-8-9-21-22(12-18)36-15-19-14-32(10-11-33(19)21)25(35)16-4-2-1-3-5-16;1-3-2;2*1-2/h1-5,8-9,12-13,17,19H,6-7,10-11,14-15H2,(H2,27,34)(H2,28,29,30,31);3H2,1-2H3;2*1-2H3. The second kappa shape index (κ2) is 16.3. The molecule has 4 N–H and O–H groups in total. The van der Waals surface area contributed by atoms with E-state index in [-0.39, 0.29) is 17.5 Å². The van der Waals surface area contributed by atoms with Gasteiger partial charge in [-0.3, -0.25) is 9.59 Å². The highest BCUT2D eigenvalue weighted by atomic mass is 16.5. The van der Waals surface area contributed by atoms with Gasteiger partial charge in [-0.15, -0.1) is 0 Å². The monoisotopic (exact) mass is 589 g/mol. The summed E-state index contributed by atoms with van der Waals surface area (Å²) in [5.74, 6) is 1.07. The molecule has 0 spiro atoms. The first kappa shape index (κ1) is 33.2. The number of fused-ring (bicyclic) bond motifs is 3. The molecule has 2 aliphatic heterocycles. The number of ether oxygens (including phenoxy) is 1. The van der Waals surface area contributed by atoms with E-state index >= 15 is 0 Å². The predicted octanol–water partition coefficient (Wildman–Crippen LogP) is 6.09. The van der Waals surface area contributed by atoms with Gasteiger partial charge in [0.1, 0.15) is 18.2 Å². The fourth-order valence-electron chi connectivity index (χ4n) is 4.68. The maximum absolute atomic E-state index is 12.9. The third-order valence-corrected chi connectivity index (χ3v) is 6.72. The van der Waals surface area contributed by atoms with E-state index in [1.165, 1.54) is 12.6 Å². The normalized spacial score (nSPS) is 16.2. The van der Waals surface area contributed by atoms with Crippen molar-refractivity contribution >= 4 is 35.0 Å². The molecular formula is C33H47N7O3. The summed E-state index contributed by atoms with van der Waals surface area (Å²) >= 11 is 0. The molecular weight excluding hydrogens is 542 g/mol. The minimum Gasteiger partial charge on any atom is -0.489 e. The lowest BCUT2D eigenvalue weighted by Crippen LogP contribution is -2.58. The van der Waals surface area contributed by atoms with Crippen LogP contribution in [0.25, 0.3) is 0 Å². The largest absolute Gasteiger partial charge is 0.489 e. The molecule has 3 aliphatic rings. The maximum atomic E-state index is 12.9. The molecule has 43 heavy (non-hydrogen) atoms. The number of nitrogens with zero attached hydrogens (tertiary/aromatic N) is 4. The molecule has 232 valence electrons. The Morgan fingerprint density at radius 3 is 2.37 bits per heavy atom. The topological polar surface area (TPSA) is 126 Å². The summed E-state index contributed by atoms with van der Waals surface area (Å²) in [5.41, 5.74) is 8.24. The summed E-state index contributed by atoms with van der Waals surface area (Å²) < 4.78 is 6.11. The van der Waals surface area contributed by atoms with Crippen LogP contribution < -0.4 is 26.0 Å². The van der Waals surface area contributed by atoms with Crippen LogP contribution in [0, 0.1) is 0 Å². The van der Waals surface area contributed by atoms with Crippen LogP contribution in [0.2, 0.25) is 0 Å². The van der Waals surface area contributed by atoms with Crippen LogP contribution in [0.1, 0.15) is 81.5 Å². The fourth-order valence-corrected chi connectivity index (χ4v) is 4.68. The van der Waals surface area contributed by atoms with Gasteiger partial charge in [0.05, 0.1) is 17.3 Å². The van der Waals surface area contributed by atoms with Crippen molar-refractivity contribution in [2.24, 2.45) is 5.73 Å². The predicted molar refractivity (Wildman–Crippen MR) is 175 cm³/mol. The van der Waals surface area contributed by atoms with Crippen LogP contribution in [0.5, 0.6) is 5.75 Å². The van der Waals surface area contributed by atoms with Crippen molar-refractivity contribution in [3.63, 3.8) is 0 Å². The number of amides is 2. The first-order valence-electron chi connectivity index (χ1n) is 15.5. The van der Waals surface area contributed by atoms with Gasteiger partial charge in [-0.2, -0.15) is 4.98 Å². The number of piperazine rings is 1. The van der Waals surface area contributed by atoms with Gasteiger partial charge in [0.15, 0.2) is 0 Å².